The molecule has 3 rings (SSSR count). The molecule has 0 aliphatic carbocycles. The van der Waals surface area contributed by atoms with Gasteiger partial charge in [-0.05, 0) is 25.5 Å². The monoisotopic (exact) mass is 306 g/mol. The van der Waals surface area contributed by atoms with Crippen molar-refractivity contribution in [3.63, 3.8) is 0 Å². The van der Waals surface area contributed by atoms with Crippen LogP contribution in [0, 0.1) is 0 Å². The lowest BCUT2D eigenvalue weighted by Crippen LogP contribution is -2.19. The van der Waals surface area contributed by atoms with Crippen molar-refractivity contribution in [2.45, 2.75) is 30.7 Å². The summed E-state index contributed by atoms with van der Waals surface area (Å²) in [5.41, 5.74) is 1.64. The molecule has 1 aliphatic heterocycles. The molecule has 20 heavy (non-hydrogen) atoms. The minimum Gasteiger partial charge on any atom is -0.292 e. The van der Waals surface area contributed by atoms with Gasteiger partial charge in [0.05, 0.1) is 17.1 Å². The summed E-state index contributed by atoms with van der Waals surface area (Å²) in [5, 5.41) is 4.66. The SMILES string of the molecule is CC(C)n1ncc(Cl)c1C(=O)C1CSc2ccccc21. The van der Waals surface area contributed by atoms with Crippen LogP contribution in [-0.4, -0.2) is 21.3 Å². The Kier molecular flexibility index (Phi) is 3.61. The molecule has 1 aromatic carbocycles. The fourth-order valence-electron chi connectivity index (χ4n) is 2.51. The van der Waals surface area contributed by atoms with Crippen LogP contribution in [0.4, 0.5) is 0 Å². The third kappa shape index (κ3) is 2.17. The van der Waals surface area contributed by atoms with E-state index in [0.717, 1.165) is 11.3 Å². The molecule has 2 heterocycles. The molecule has 0 N–H and O–H groups in total. The summed E-state index contributed by atoms with van der Waals surface area (Å²) in [5.74, 6) is 0.721. The number of hydrogen-bond acceptors (Lipinski definition) is 3. The maximum Gasteiger partial charge on any atom is 0.190 e. The highest BCUT2D eigenvalue weighted by Gasteiger charge is 2.33. The summed E-state index contributed by atoms with van der Waals surface area (Å²) in [6.07, 6.45) is 1.56. The Hall–Kier alpha value is -1.26. The third-order valence-corrected chi connectivity index (χ3v) is 4.95. The van der Waals surface area contributed by atoms with Crippen LogP contribution in [0.25, 0.3) is 0 Å². The lowest BCUT2D eigenvalue weighted by Gasteiger charge is -2.14. The summed E-state index contributed by atoms with van der Waals surface area (Å²) in [6, 6.07) is 8.19. The van der Waals surface area contributed by atoms with Gasteiger partial charge in [-0.1, -0.05) is 29.8 Å². The highest BCUT2D eigenvalue weighted by atomic mass is 35.5. The Morgan fingerprint density at radius 1 is 1.45 bits per heavy atom. The van der Waals surface area contributed by atoms with Crippen molar-refractivity contribution < 1.29 is 4.79 Å². The molecule has 0 bridgehead atoms. The van der Waals surface area contributed by atoms with Gasteiger partial charge in [0.2, 0.25) is 0 Å². The van der Waals surface area contributed by atoms with Crippen molar-refractivity contribution in [1.82, 2.24) is 9.78 Å². The average Bonchev–Trinajstić information content (AvgIpc) is 3.01. The Bertz CT molecular complexity index is 666. The van der Waals surface area contributed by atoms with E-state index in [9.17, 15) is 4.79 Å². The molecule has 0 spiro atoms. The number of halogens is 1. The van der Waals surface area contributed by atoms with Gasteiger partial charge in [0.15, 0.2) is 5.78 Å². The number of ketones is 1. The largest absolute Gasteiger partial charge is 0.292 e. The molecule has 0 amide bonds. The van der Waals surface area contributed by atoms with Crippen LogP contribution in [0.1, 0.15) is 41.9 Å². The van der Waals surface area contributed by atoms with Crippen LogP contribution in [0.3, 0.4) is 0 Å². The zero-order valence-corrected chi connectivity index (χ0v) is 12.9. The van der Waals surface area contributed by atoms with E-state index in [1.54, 1.807) is 22.6 Å². The molecule has 3 nitrogen and oxygen atoms in total. The number of hydrogen-bond donors (Lipinski definition) is 0. The Labute approximate surface area is 127 Å². The first-order valence-corrected chi connectivity index (χ1v) is 7.95. The molecule has 1 atom stereocenters. The normalized spacial score (nSPS) is 17.5. The number of Topliss-reactive ketones (excluding diaryl/α,β-unsaturated/α-hetero) is 1. The second kappa shape index (κ2) is 5.26. The zero-order chi connectivity index (χ0) is 14.3. The molecule has 2 aromatic rings. The van der Waals surface area contributed by atoms with Gasteiger partial charge in [0, 0.05) is 16.7 Å². The van der Waals surface area contributed by atoms with Gasteiger partial charge in [0.25, 0.3) is 0 Å². The topological polar surface area (TPSA) is 34.9 Å². The molecule has 5 heteroatoms. The van der Waals surface area contributed by atoms with Crippen molar-refractivity contribution in [3.8, 4) is 0 Å². The van der Waals surface area contributed by atoms with Crippen LogP contribution in [0.5, 0.6) is 0 Å². The first-order chi connectivity index (χ1) is 9.59. The van der Waals surface area contributed by atoms with Crippen LogP contribution in [0.2, 0.25) is 5.02 Å². The summed E-state index contributed by atoms with van der Waals surface area (Å²) in [7, 11) is 0. The molecular weight excluding hydrogens is 292 g/mol. The van der Waals surface area contributed by atoms with E-state index in [1.165, 1.54) is 4.90 Å². The van der Waals surface area contributed by atoms with Gasteiger partial charge < -0.3 is 0 Å². The molecule has 1 aliphatic rings. The van der Waals surface area contributed by atoms with Crippen LogP contribution in [-0.2, 0) is 0 Å². The van der Waals surface area contributed by atoms with E-state index < -0.39 is 0 Å². The Balaban J connectivity index is 2.01. The van der Waals surface area contributed by atoms with Crippen molar-refractivity contribution >= 4 is 29.1 Å². The van der Waals surface area contributed by atoms with Gasteiger partial charge in [-0.2, -0.15) is 5.10 Å². The average molecular weight is 307 g/mol. The Morgan fingerprint density at radius 3 is 2.95 bits per heavy atom. The number of nitrogens with zero attached hydrogens (tertiary/aromatic N) is 2. The van der Waals surface area contributed by atoms with Crippen molar-refractivity contribution in [2.24, 2.45) is 0 Å². The fraction of sp³-hybridized carbons (Fsp3) is 0.333. The first kappa shape index (κ1) is 13.7. The number of benzene rings is 1. The Morgan fingerprint density at radius 2 is 2.20 bits per heavy atom. The molecule has 104 valence electrons. The summed E-state index contributed by atoms with van der Waals surface area (Å²) in [6.45, 7) is 3.99. The number of carbonyl (C=O) groups is 1. The quantitative estimate of drug-likeness (QED) is 0.798. The molecule has 1 unspecified atom stereocenters. The maximum atomic E-state index is 12.9. The van der Waals surface area contributed by atoms with Crippen molar-refractivity contribution in [1.29, 1.82) is 0 Å². The van der Waals surface area contributed by atoms with Gasteiger partial charge >= 0.3 is 0 Å². The molecule has 0 fully saturated rings. The predicted molar refractivity (Wildman–Crippen MR) is 81.9 cm³/mol. The number of fused-ring (bicyclic) bond motifs is 1. The summed E-state index contributed by atoms with van der Waals surface area (Å²) >= 11 is 7.91. The highest BCUT2D eigenvalue weighted by Crippen LogP contribution is 2.41. The number of thioether (sulfide) groups is 1. The third-order valence-electron chi connectivity index (χ3n) is 3.49. The minimum atomic E-state index is -0.122. The van der Waals surface area contributed by atoms with Crippen molar-refractivity contribution in [2.75, 3.05) is 5.75 Å². The molecule has 1 aromatic heterocycles. The van der Waals surface area contributed by atoms with E-state index in [1.807, 2.05) is 32.0 Å². The molecule has 0 saturated heterocycles. The van der Waals surface area contributed by atoms with E-state index >= 15 is 0 Å². The number of carbonyl (C=O) groups excluding carboxylic acids is 1. The van der Waals surface area contributed by atoms with Gasteiger partial charge in [-0.25, -0.2) is 0 Å². The van der Waals surface area contributed by atoms with Crippen LogP contribution >= 0.6 is 23.4 Å². The predicted octanol–water partition coefficient (Wildman–Crippen LogP) is 4.19. The van der Waals surface area contributed by atoms with E-state index in [-0.39, 0.29) is 17.7 Å². The summed E-state index contributed by atoms with van der Waals surface area (Å²) < 4.78 is 1.72. The van der Waals surface area contributed by atoms with Gasteiger partial charge in [0.1, 0.15) is 5.69 Å². The second-order valence-corrected chi connectivity index (χ2v) is 6.61. The smallest absolute Gasteiger partial charge is 0.190 e. The molecular formula is C15H15ClN2OS. The second-order valence-electron chi connectivity index (χ2n) is 5.15. The van der Waals surface area contributed by atoms with Crippen molar-refractivity contribution in [3.05, 3.63) is 46.7 Å². The van der Waals surface area contributed by atoms with E-state index in [4.69, 9.17) is 11.6 Å². The molecule has 0 radical (unpaired) electrons. The van der Waals surface area contributed by atoms with Gasteiger partial charge in [-0.3, -0.25) is 9.48 Å². The lowest BCUT2D eigenvalue weighted by atomic mass is 9.95. The van der Waals surface area contributed by atoms with E-state index in [2.05, 4.69) is 11.2 Å². The number of rotatable bonds is 3. The minimum absolute atomic E-state index is 0.0682. The fourth-order valence-corrected chi connectivity index (χ4v) is 3.96. The van der Waals surface area contributed by atoms with Crippen LogP contribution < -0.4 is 0 Å². The van der Waals surface area contributed by atoms with Gasteiger partial charge in [-0.15, -0.1) is 11.8 Å². The van der Waals surface area contributed by atoms with E-state index in [0.29, 0.717) is 10.7 Å². The standard InChI is InChI=1S/C15H15ClN2OS/c1-9(2)18-14(12(16)7-17-18)15(19)11-8-20-13-6-4-3-5-10(11)13/h3-7,9,11H,8H2,1-2H3. The summed E-state index contributed by atoms with van der Waals surface area (Å²) in [4.78, 5) is 14.1. The number of aromatic nitrogens is 2. The highest BCUT2D eigenvalue weighted by molar-refractivity contribution is 7.99. The van der Waals surface area contributed by atoms with Crippen LogP contribution in [0.15, 0.2) is 35.4 Å². The maximum absolute atomic E-state index is 12.9. The zero-order valence-electron chi connectivity index (χ0n) is 11.3. The molecule has 0 saturated carbocycles. The lowest BCUT2D eigenvalue weighted by molar-refractivity contribution is 0.0956. The first-order valence-electron chi connectivity index (χ1n) is 6.58.